The van der Waals surface area contributed by atoms with Crippen molar-refractivity contribution in [1.29, 1.82) is 0 Å². The summed E-state index contributed by atoms with van der Waals surface area (Å²) in [6.07, 6.45) is 3.11. The molecule has 1 aromatic rings. The topological polar surface area (TPSA) is 63.4 Å². The average molecular weight is 280 g/mol. The number of benzene rings is 1. The van der Waals surface area contributed by atoms with Crippen LogP contribution in [-0.4, -0.2) is 25.8 Å². The van der Waals surface area contributed by atoms with Gasteiger partial charge >= 0.3 is 0 Å². The Morgan fingerprint density at radius 3 is 2.21 bits per heavy atom. The number of nitrogens with two attached hydrogens (primary N) is 1. The van der Waals surface area contributed by atoms with Crippen molar-refractivity contribution in [3.05, 3.63) is 48.6 Å². The Kier molecular flexibility index (Phi) is 4.91. The van der Waals surface area contributed by atoms with Crippen molar-refractivity contribution >= 4 is 15.7 Å². The smallest absolute Gasteiger partial charge is 0.244 e. The van der Waals surface area contributed by atoms with Crippen LogP contribution >= 0.6 is 0 Å². The van der Waals surface area contributed by atoms with Gasteiger partial charge < -0.3 is 5.73 Å². The Bertz CT molecular complexity index is 582. The minimum Gasteiger partial charge on any atom is -0.398 e. The molecule has 0 radical (unpaired) electrons. The third kappa shape index (κ3) is 3.05. The van der Waals surface area contributed by atoms with Gasteiger partial charge in [0, 0.05) is 18.8 Å². The molecule has 104 valence electrons. The molecule has 0 aliphatic heterocycles. The van der Waals surface area contributed by atoms with E-state index in [1.807, 2.05) is 0 Å². The van der Waals surface area contributed by atoms with Crippen molar-refractivity contribution in [1.82, 2.24) is 4.31 Å². The molecule has 0 unspecified atom stereocenters. The zero-order valence-corrected chi connectivity index (χ0v) is 12.2. The van der Waals surface area contributed by atoms with Gasteiger partial charge in [0.2, 0.25) is 10.0 Å². The highest BCUT2D eigenvalue weighted by atomic mass is 32.2. The van der Waals surface area contributed by atoms with Crippen molar-refractivity contribution in [2.45, 2.75) is 18.7 Å². The molecule has 0 fully saturated rings. The molecule has 19 heavy (non-hydrogen) atoms. The molecular weight excluding hydrogens is 260 g/mol. The first kappa shape index (κ1) is 15.5. The van der Waals surface area contributed by atoms with Crippen molar-refractivity contribution in [3.63, 3.8) is 0 Å². The number of hydrogen-bond donors (Lipinski definition) is 1. The summed E-state index contributed by atoms with van der Waals surface area (Å²) < 4.78 is 26.7. The predicted octanol–water partition coefficient (Wildman–Crippen LogP) is 2.25. The fraction of sp³-hybridized carbons (Fsp3) is 0.286. The Morgan fingerprint density at radius 2 is 1.74 bits per heavy atom. The molecule has 1 aromatic carbocycles. The van der Waals surface area contributed by atoms with Crippen molar-refractivity contribution < 1.29 is 8.42 Å². The molecular formula is C14H20N2O2S. The first-order chi connectivity index (χ1) is 8.86. The summed E-state index contributed by atoms with van der Waals surface area (Å²) in [4.78, 5) is 0.274. The maximum absolute atomic E-state index is 12.7. The van der Waals surface area contributed by atoms with Gasteiger partial charge in [-0.15, -0.1) is 13.2 Å². The molecule has 0 spiro atoms. The second kappa shape index (κ2) is 6.04. The standard InChI is InChI=1S/C14H20N2O2S/c1-5-9-16(10-6-2)19(17,18)14-11(3)7-8-13(15)12(14)4/h5-8H,1-2,9-10,15H2,3-4H3. The fourth-order valence-corrected chi connectivity index (χ4v) is 3.77. The normalized spacial score (nSPS) is 11.5. The Balaban J connectivity index is 3.44. The van der Waals surface area contributed by atoms with Crippen LogP contribution in [-0.2, 0) is 10.0 Å². The van der Waals surface area contributed by atoms with E-state index in [0.717, 1.165) is 0 Å². The molecule has 0 aromatic heterocycles. The molecule has 0 atom stereocenters. The molecule has 1 rings (SSSR count). The predicted molar refractivity (Wildman–Crippen MR) is 79.5 cm³/mol. The van der Waals surface area contributed by atoms with Crippen molar-refractivity contribution in [3.8, 4) is 0 Å². The molecule has 0 amide bonds. The first-order valence-corrected chi connectivity index (χ1v) is 7.37. The summed E-state index contributed by atoms with van der Waals surface area (Å²) in [7, 11) is -3.60. The molecule has 0 saturated carbocycles. The summed E-state index contributed by atoms with van der Waals surface area (Å²) in [5.41, 5.74) is 7.55. The van der Waals surface area contributed by atoms with E-state index in [4.69, 9.17) is 5.73 Å². The number of hydrogen-bond acceptors (Lipinski definition) is 3. The molecule has 5 heteroatoms. The van der Waals surface area contributed by atoms with E-state index in [2.05, 4.69) is 13.2 Å². The Hall–Kier alpha value is -1.59. The van der Waals surface area contributed by atoms with E-state index >= 15 is 0 Å². The maximum Gasteiger partial charge on any atom is 0.244 e. The summed E-state index contributed by atoms with van der Waals surface area (Å²) in [6.45, 7) is 11.1. The van der Waals surface area contributed by atoms with Crippen LogP contribution in [0, 0.1) is 13.8 Å². The Morgan fingerprint density at radius 1 is 1.21 bits per heavy atom. The molecule has 0 aliphatic carbocycles. The summed E-state index contributed by atoms with van der Waals surface area (Å²) in [6, 6.07) is 3.43. The van der Waals surface area contributed by atoms with Gasteiger partial charge in [0.05, 0.1) is 4.90 Å². The molecule has 0 bridgehead atoms. The van der Waals surface area contributed by atoms with Crippen LogP contribution in [0.4, 0.5) is 5.69 Å². The van der Waals surface area contributed by atoms with E-state index in [1.54, 1.807) is 38.1 Å². The van der Waals surface area contributed by atoms with E-state index < -0.39 is 10.0 Å². The van der Waals surface area contributed by atoms with Gasteiger partial charge in [-0.2, -0.15) is 4.31 Å². The summed E-state index contributed by atoms with van der Waals surface area (Å²) in [5, 5.41) is 0. The number of aryl methyl sites for hydroxylation is 1. The van der Waals surface area contributed by atoms with Gasteiger partial charge in [0.15, 0.2) is 0 Å². The van der Waals surface area contributed by atoms with Crippen molar-refractivity contribution in [2.75, 3.05) is 18.8 Å². The lowest BCUT2D eigenvalue weighted by Crippen LogP contribution is -2.32. The number of sulfonamides is 1. The third-order valence-corrected chi connectivity index (χ3v) is 5.03. The highest BCUT2D eigenvalue weighted by molar-refractivity contribution is 7.89. The molecule has 4 nitrogen and oxygen atoms in total. The quantitative estimate of drug-likeness (QED) is 0.642. The number of nitrogen functional groups attached to an aromatic ring is 1. The van der Waals surface area contributed by atoms with Crippen molar-refractivity contribution in [2.24, 2.45) is 0 Å². The van der Waals surface area contributed by atoms with Crippen LogP contribution < -0.4 is 5.73 Å². The van der Waals surface area contributed by atoms with E-state index in [0.29, 0.717) is 16.8 Å². The summed E-state index contributed by atoms with van der Waals surface area (Å²) >= 11 is 0. The second-order valence-electron chi connectivity index (χ2n) is 4.33. The SMILES string of the molecule is C=CCN(CC=C)S(=O)(=O)c1c(C)ccc(N)c1C. The monoisotopic (exact) mass is 280 g/mol. The lowest BCUT2D eigenvalue weighted by Gasteiger charge is -2.22. The van der Waals surface area contributed by atoms with Gasteiger partial charge in [0.1, 0.15) is 0 Å². The zero-order chi connectivity index (χ0) is 14.6. The fourth-order valence-electron chi connectivity index (χ4n) is 1.93. The number of anilines is 1. The van der Waals surface area contributed by atoms with Gasteiger partial charge in [0.25, 0.3) is 0 Å². The van der Waals surface area contributed by atoms with Crippen LogP contribution in [0.1, 0.15) is 11.1 Å². The zero-order valence-electron chi connectivity index (χ0n) is 11.4. The summed E-state index contributed by atoms with van der Waals surface area (Å²) in [5.74, 6) is 0. The van der Waals surface area contributed by atoms with E-state index in [9.17, 15) is 8.42 Å². The van der Waals surface area contributed by atoms with Gasteiger partial charge in [-0.3, -0.25) is 0 Å². The lowest BCUT2D eigenvalue weighted by molar-refractivity contribution is 0.473. The molecule has 0 saturated heterocycles. The number of rotatable bonds is 6. The highest BCUT2D eigenvalue weighted by Gasteiger charge is 2.26. The number of nitrogens with zero attached hydrogens (tertiary/aromatic N) is 1. The minimum atomic E-state index is -3.60. The van der Waals surface area contributed by atoms with E-state index in [-0.39, 0.29) is 18.0 Å². The lowest BCUT2D eigenvalue weighted by atomic mass is 10.1. The average Bonchev–Trinajstić information content (AvgIpc) is 2.34. The first-order valence-electron chi connectivity index (χ1n) is 5.93. The Labute approximate surface area is 115 Å². The van der Waals surface area contributed by atoms with Gasteiger partial charge in [-0.05, 0) is 31.0 Å². The maximum atomic E-state index is 12.7. The van der Waals surface area contributed by atoms with Crippen LogP contribution in [0.25, 0.3) is 0 Å². The second-order valence-corrected chi connectivity index (χ2v) is 6.20. The third-order valence-electron chi connectivity index (χ3n) is 2.91. The molecule has 2 N–H and O–H groups in total. The van der Waals surface area contributed by atoms with Crippen LogP contribution in [0.2, 0.25) is 0 Å². The largest absolute Gasteiger partial charge is 0.398 e. The van der Waals surface area contributed by atoms with Crippen LogP contribution in [0.5, 0.6) is 0 Å². The molecule has 0 aliphatic rings. The van der Waals surface area contributed by atoms with Crippen LogP contribution in [0.15, 0.2) is 42.3 Å². The molecule has 0 heterocycles. The van der Waals surface area contributed by atoms with Gasteiger partial charge in [-0.1, -0.05) is 18.2 Å². The van der Waals surface area contributed by atoms with Crippen LogP contribution in [0.3, 0.4) is 0 Å². The van der Waals surface area contributed by atoms with Gasteiger partial charge in [-0.25, -0.2) is 8.42 Å². The minimum absolute atomic E-state index is 0.238. The van der Waals surface area contributed by atoms with E-state index in [1.165, 1.54) is 4.31 Å². The highest BCUT2D eigenvalue weighted by Crippen LogP contribution is 2.27.